The highest BCUT2D eigenvalue weighted by Gasteiger charge is 2.40. The van der Waals surface area contributed by atoms with Crippen LogP contribution >= 0.6 is 57.7 Å². The Bertz CT molecular complexity index is 2580. The van der Waals surface area contributed by atoms with Gasteiger partial charge < -0.3 is 34.6 Å². The number of carbonyl (C=O) groups is 2. The molecule has 61 heavy (non-hydrogen) atoms. The van der Waals surface area contributed by atoms with Gasteiger partial charge in [0, 0.05) is 29.1 Å². The number of aliphatic carboxylic acids is 2. The normalized spacial score (nSPS) is 18.4. The van der Waals surface area contributed by atoms with E-state index in [0.717, 1.165) is 51.7 Å². The van der Waals surface area contributed by atoms with Crippen molar-refractivity contribution in [2.24, 2.45) is 0 Å². The van der Waals surface area contributed by atoms with Gasteiger partial charge in [0.25, 0.3) is 0 Å². The maximum atomic E-state index is 12.5. The lowest BCUT2D eigenvalue weighted by molar-refractivity contribution is -0.139. The number of pyridine rings is 2. The van der Waals surface area contributed by atoms with Gasteiger partial charge in [-0.25, -0.2) is 9.97 Å². The Morgan fingerprint density at radius 3 is 2.08 bits per heavy atom. The van der Waals surface area contributed by atoms with Crippen LogP contribution in [-0.2, 0) is 19.1 Å². The number of hydrogen-bond donors (Lipinski definition) is 3. The lowest BCUT2D eigenvalue weighted by atomic mass is 9.94. The number of aliphatic hydroxyl groups is 1. The van der Waals surface area contributed by atoms with E-state index in [2.05, 4.69) is 14.8 Å². The molecular formula is C44H41Cl4N5O7S. The summed E-state index contributed by atoms with van der Waals surface area (Å²) >= 11 is 28.2. The van der Waals surface area contributed by atoms with Crippen LogP contribution in [0.1, 0.15) is 50.2 Å². The Morgan fingerprint density at radius 1 is 0.787 bits per heavy atom. The molecule has 6 aromatic rings. The summed E-state index contributed by atoms with van der Waals surface area (Å²) in [6.07, 6.45) is 3.57. The van der Waals surface area contributed by atoms with E-state index >= 15 is 0 Å². The quantitative estimate of drug-likeness (QED) is 0.0791. The third-order valence-corrected chi connectivity index (χ3v) is 13.7. The molecule has 0 radical (unpaired) electrons. The van der Waals surface area contributed by atoms with Crippen LogP contribution in [0.4, 0.5) is 11.6 Å². The van der Waals surface area contributed by atoms with Gasteiger partial charge in [0.1, 0.15) is 11.6 Å². The van der Waals surface area contributed by atoms with Gasteiger partial charge in [0.15, 0.2) is 0 Å². The van der Waals surface area contributed by atoms with Crippen LogP contribution in [0.2, 0.25) is 20.1 Å². The van der Waals surface area contributed by atoms with Gasteiger partial charge in [0.2, 0.25) is 0 Å². The fourth-order valence-corrected chi connectivity index (χ4v) is 9.81. The molecule has 4 atom stereocenters. The van der Waals surface area contributed by atoms with Crippen molar-refractivity contribution >= 4 is 103 Å². The van der Waals surface area contributed by atoms with Crippen molar-refractivity contribution in [3.8, 4) is 21.6 Å². The van der Waals surface area contributed by atoms with E-state index in [0.29, 0.717) is 67.8 Å². The van der Waals surface area contributed by atoms with Crippen LogP contribution < -0.4 is 9.80 Å². The van der Waals surface area contributed by atoms with Crippen LogP contribution in [0.25, 0.3) is 43.4 Å². The first-order chi connectivity index (χ1) is 29.5. The van der Waals surface area contributed by atoms with Gasteiger partial charge in [-0.15, -0.1) is 11.3 Å². The lowest BCUT2D eigenvalue weighted by Gasteiger charge is -2.35. The molecule has 5 heterocycles. The van der Waals surface area contributed by atoms with Crippen molar-refractivity contribution in [3.05, 3.63) is 98.0 Å². The second kappa shape index (κ2) is 19.0. The maximum absolute atomic E-state index is 12.5. The molecule has 2 fully saturated rings. The van der Waals surface area contributed by atoms with E-state index in [4.69, 9.17) is 71.0 Å². The topological polar surface area (TPSA) is 158 Å². The van der Waals surface area contributed by atoms with E-state index in [1.807, 2.05) is 48.5 Å². The summed E-state index contributed by atoms with van der Waals surface area (Å²) in [5.74, 6) is -0.609. The van der Waals surface area contributed by atoms with Gasteiger partial charge >= 0.3 is 11.9 Å². The number of carboxylic acids is 2. The van der Waals surface area contributed by atoms with Crippen molar-refractivity contribution < 1.29 is 34.4 Å². The van der Waals surface area contributed by atoms with Crippen molar-refractivity contribution in [3.63, 3.8) is 0 Å². The first kappa shape index (κ1) is 43.3. The molecule has 0 amide bonds. The Hall–Kier alpha value is -4.31. The molecule has 12 nitrogen and oxygen atoms in total. The predicted octanol–water partition coefficient (Wildman–Crippen LogP) is 10.2. The molecule has 0 bridgehead atoms. The van der Waals surface area contributed by atoms with E-state index in [9.17, 15) is 19.8 Å². The number of nitrogens with zero attached hydrogens (tertiary/aromatic N) is 5. The molecule has 318 valence electrons. The summed E-state index contributed by atoms with van der Waals surface area (Å²) in [5, 5.41) is 33.8. The summed E-state index contributed by atoms with van der Waals surface area (Å²) in [6.45, 7) is 1.46. The molecule has 17 heteroatoms. The maximum Gasteiger partial charge on any atom is 0.305 e. The molecule has 8 rings (SSSR count). The van der Waals surface area contributed by atoms with E-state index in [-0.39, 0.29) is 44.7 Å². The average molecular weight is 926 g/mol. The van der Waals surface area contributed by atoms with Crippen LogP contribution in [0.5, 0.6) is 0 Å². The molecule has 0 aliphatic carbocycles. The van der Waals surface area contributed by atoms with Gasteiger partial charge in [-0.3, -0.25) is 14.6 Å². The van der Waals surface area contributed by atoms with Gasteiger partial charge in [-0.2, -0.15) is 0 Å². The Balaban J connectivity index is 1.17. The zero-order chi connectivity index (χ0) is 42.8. The summed E-state index contributed by atoms with van der Waals surface area (Å²) in [5.41, 5.74) is 6.00. The van der Waals surface area contributed by atoms with Crippen LogP contribution in [0.3, 0.4) is 0 Å². The standard InChI is InChI=1S/C44H41Cl4N5O7S/c45-32-9-7-28-30(18-36(50-42(28)40(32)47)52-14-2-5-26(52)21-59-15-12-38(54)55)24-3-1-4-25(17-24)44(58)34-11-6-27(22-60-16-13-39(56)57)53(34)37-19-31(35-20-49-23-61-35)29-8-10-33(46)41(48)43(29)51-37/h1,3-4,7-10,17-20,23,26-27,34,44,58H,2,5-6,11-16,21-22H2,(H,54,55)(H,56,57)/t26-,27-,34?,44?/m0/s1. The minimum atomic E-state index is -1.00. The second-order valence-electron chi connectivity index (χ2n) is 15.1. The third kappa shape index (κ3) is 9.26. The number of benzene rings is 3. The van der Waals surface area contributed by atoms with Crippen molar-refractivity contribution in [1.29, 1.82) is 0 Å². The predicted molar refractivity (Wildman–Crippen MR) is 241 cm³/mol. The Kier molecular flexibility index (Phi) is 13.5. The smallest absolute Gasteiger partial charge is 0.305 e. The van der Waals surface area contributed by atoms with Crippen molar-refractivity contribution in [2.75, 3.05) is 42.8 Å². The first-order valence-corrected chi connectivity index (χ1v) is 22.3. The van der Waals surface area contributed by atoms with Crippen LogP contribution in [0.15, 0.2) is 72.4 Å². The van der Waals surface area contributed by atoms with E-state index in [1.54, 1.807) is 23.8 Å². The highest BCUT2D eigenvalue weighted by atomic mass is 35.5. The number of ether oxygens (including phenoxy) is 2. The zero-order valence-electron chi connectivity index (χ0n) is 32.6. The molecule has 3 aromatic carbocycles. The fourth-order valence-electron chi connectivity index (χ4n) is 8.43. The van der Waals surface area contributed by atoms with Crippen molar-refractivity contribution in [1.82, 2.24) is 15.0 Å². The minimum Gasteiger partial charge on any atom is -0.481 e. The van der Waals surface area contributed by atoms with Crippen molar-refractivity contribution in [2.45, 2.75) is 62.8 Å². The summed E-state index contributed by atoms with van der Waals surface area (Å²) in [6, 6.07) is 18.3. The monoisotopic (exact) mass is 923 g/mol. The molecule has 2 aliphatic rings. The van der Waals surface area contributed by atoms with E-state index < -0.39 is 24.1 Å². The number of aromatic nitrogens is 3. The lowest BCUT2D eigenvalue weighted by Crippen LogP contribution is -2.42. The Morgan fingerprint density at radius 2 is 1.43 bits per heavy atom. The number of aliphatic hydroxyl groups excluding tert-OH is 1. The van der Waals surface area contributed by atoms with Crippen LogP contribution in [-0.4, -0.2) is 93.3 Å². The molecule has 3 N–H and O–H groups in total. The largest absolute Gasteiger partial charge is 0.481 e. The van der Waals surface area contributed by atoms with E-state index in [1.165, 1.54) is 11.3 Å². The average Bonchev–Trinajstić information content (AvgIpc) is 4.05. The molecule has 2 unspecified atom stereocenters. The fraction of sp³-hybridized carbons (Fsp3) is 0.341. The minimum absolute atomic E-state index is 0.0154. The second-order valence-corrected chi connectivity index (χ2v) is 17.6. The molecular weight excluding hydrogens is 884 g/mol. The molecule has 2 saturated heterocycles. The number of thiazole rings is 1. The number of hydrogen-bond acceptors (Lipinski definition) is 11. The molecule has 3 aromatic heterocycles. The number of carboxylic acid groups (broad SMARTS) is 2. The highest BCUT2D eigenvalue weighted by Crippen LogP contribution is 2.44. The summed E-state index contributed by atoms with van der Waals surface area (Å²) in [7, 11) is 0. The first-order valence-electron chi connectivity index (χ1n) is 19.9. The molecule has 0 spiro atoms. The molecule has 0 saturated carbocycles. The number of rotatable bonds is 16. The Labute approximate surface area is 375 Å². The van der Waals surface area contributed by atoms with Gasteiger partial charge in [-0.05, 0) is 72.7 Å². The number of halogens is 4. The number of anilines is 2. The SMILES string of the molecule is O=C(O)CCOC[C@@H]1CCCN1c1cc(-c2cccc(C(O)C3CC[C@@H](COCCC(=O)O)N3c3cc(-c4cncs4)c4ccc(Cl)c(Cl)c4n3)c2)c2ccc(Cl)c(Cl)c2n1. The highest BCUT2D eigenvalue weighted by molar-refractivity contribution is 7.13. The summed E-state index contributed by atoms with van der Waals surface area (Å²) < 4.78 is 11.7. The zero-order valence-corrected chi connectivity index (χ0v) is 36.5. The molecule has 2 aliphatic heterocycles. The third-order valence-electron chi connectivity index (χ3n) is 11.3. The van der Waals surface area contributed by atoms with Gasteiger partial charge in [-0.1, -0.05) is 76.7 Å². The van der Waals surface area contributed by atoms with Gasteiger partial charge in [0.05, 0.1) is 105 Å². The number of fused-ring (bicyclic) bond motifs is 2. The van der Waals surface area contributed by atoms with Crippen LogP contribution in [0, 0.1) is 0 Å². The summed E-state index contributed by atoms with van der Waals surface area (Å²) in [4.78, 5) is 42.0.